The van der Waals surface area contributed by atoms with Gasteiger partial charge in [0.2, 0.25) is 0 Å². The Kier molecular flexibility index (Phi) is 2.90. The van der Waals surface area contributed by atoms with Crippen molar-refractivity contribution in [2.45, 2.75) is 20.3 Å². The van der Waals surface area contributed by atoms with Gasteiger partial charge in [0.1, 0.15) is 11.5 Å². The van der Waals surface area contributed by atoms with E-state index in [4.69, 9.17) is 4.74 Å². The first-order chi connectivity index (χ1) is 6.13. The molecule has 0 radical (unpaired) electrons. The SMILES string of the molecule is CCC(=O)Oc1ccc(O)c(C)c1. The lowest BCUT2D eigenvalue weighted by Gasteiger charge is -2.04. The summed E-state index contributed by atoms with van der Waals surface area (Å²) in [5, 5.41) is 9.19. The van der Waals surface area contributed by atoms with Crippen LogP contribution in [0.3, 0.4) is 0 Å². The van der Waals surface area contributed by atoms with Gasteiger partial charge in [-0.2, -0.15) is 0 Å². The van der Waals surface area contributed by atoms with Crippen LogP contribution in [-0.2, 0) is 4.79 Å². The molecule has 0 aliphatic carbocycles. The molecule has 0 saturated heterocycles. The number of phenolic OH excluding ortho intramolecular Hbond substituents is 1. The second kappa shape index (κ2) is 3.94. The highest BCUT2D eigenvalue weighted by molar-refractivity contribution is 5.72. The Morgan fingerprint density at radius 2 is 2.23 bits per heavy atom. The molecule has 1 aromatic rings. The van der Waals surface area contributed by atoms with Gasteiger partial charge in [-0.1, -0.05) is 6.92 Å². The van der Waals surface area contributed by atoms with Gasteiger partial charge >= 0.3 is 5.97 Å². The van der Waals surface area contributed by atoms with Crippen molar-refractivity contribution >= 4 is 5.97 Å². The average molecular weight is 180 g/mol. The molecule has 0 spiro atoms. The molecule has 0 fully saturated rings. The molecule has 3 nitrogen and oxygen atoms in total. The minimum Gasteiger partial charge on any atom is -0.508 e. The summed E-state index contributed by atoms with van der Waals surface area (Å²) in [6.45, 7) is 3.48. The molecular weight excluding hydrogens is 168 g/mol. The Balaban J connectivity index is 2.79. The van der Waals surface area contributed by atoms with Gasteiger partial charge in [0.05, 0.1) is 0 Å². The monoisotopic (exact) mass is 180 g/mol. The molecule has 0 amide bonds. The van der Waals surface area contributed by atoms with Crippen LogP contribution in [0.4, 0.5) is 0 Å². The largest absolute Gasteiger partial charge is 0.508 e. The number of carbonyl (C=O) groups is 1. The molecule has 70 valence electrons. The molecule has 0 aliphatic heterocycles. The molecule has 1 rings (SSSR count). The lowest BCUT2D eigenvalue weighted by molar-refractivity contribution is -0.134. The predicted molar refractivity (Wildman–Crippen MR) is 48.8 cm³/mol. The normalized spacial score (nSPS) is 9.69. The number of hydrogen-bond acceptors (Lipinski definition) is 3. The minimum absolute atomic E-state index is 0.205. The molecule has 0 aliphatic rings. The van der Waals surface area contributed by atoms with E-state index >= 15 is 0 Å². The van der Waals surface area contributed by atoms with Crippen molar-refractivity contribution in [2.24, 2.45) is 0 Å². The first kappa shape index (κ1) is 9.58. The molecule has 1 N–H and O–H groups in total. The van der Waals surface area contributed by atoms with Crippen molar-refractivity contribution in [1.82, 2.24) is 0 Å². The third kappa shape index (κ3) is 2.47. The van der Waals surface area contributed by atoms with Gasteiger partial charge in [-0.15, -0.1) is 0 Å². The molecule has 13 heavy (non-hydrogen) atoms. The maximum atomic E-state index is 10.9. The topological polar surface area (TPSA) is 46.5 Å². The van der Waals surface area contributed by atoms with Crippen LogP contribution in [0, 0.1) is 6.92 Å². The number of phenols is 1. The molecule has 0 bridgehead atoms. The number of benzene rings is 1. The predicted octanol–water partition coefficient (Wildman–Crippen LogP) is 2.02. The summed E-state index contributed by atoms with van der Waals surface area (Å²) in [6.07, 6.45) is 0.347. The van der Waals surface area contributed by atoms with Crippen molar-refractivity contribution in [3.63, 3.8) is 0 Å². The van der Waals surface area contributed by atoms with Crippen LogP contribution in [-0.4, -0.2) is 11.1 Å². The first-order valence-corrected chi connectivity index (χ1v) is 4.13. The maximum Gasteiger partial charge on any atom is 0.310 e. The lowest BCUT2D eigenvalue weighted by atomic mass is 10.2. The standard InChI is InChI=1S/C10H12O3/c1-3-10(12)13-8-4-5-9(11)7(2)6-8/h4-6,11H,3H2,1-2H3. The van der Waals surface area contributed by atoms with E-state index in [0.29, 0.717) is 17.7 Å². The van der Waals surface area contributed by atoms with Gasteiger partial charge in [0, 0.05) is 6.42 Å². The van der Waals surface area contributed by atoms with Crippen molar-refractivity contribution in [3.05, 3.63) is 23.8 Å². The number of carbonyl (C=O) groups excluding carboxylic acids is 1. The molecular formula is C10H12O3. The van der Waals surface area contributed by atoms with E-state index in [1.165, 1.54) is 6.07 Å². The summed E-state index contributed by atoms with van der Waals surface area (Å²) in [7, 11) is 0. The Morgan fingerprint density at radius 3 is 2.77 bits per heavy atom. The van der Waals surface area contributed by atoms with E-state index in [0.717, 1.165) is 0 Å². The average Bonchev–Trinajstić information content (AvgIpc) is 2.11. The van der Waals surface area contributed by atoms with Crippen molar-refractivity contribution < 1.29 is 14.6 Å². The van der Waals surface area contributed by atoms with Gasteiger partial charge in [-0.05, 0) is 30.7 Å². The van der Waals surface area contributed by atoms with Crippen LogP contribution in [0.25, 0.3) is 0 Å². The van der Waals surface area contributed by atoms with Crippen LogP contribution in [0.15, 0.2) is 18.2 Å². The van der Waals surface area contributed by atoms with Crippen LogP contribution in [0.2, 0.25) is 0 Å². The van der Waals surface area contributed by atoms with E-state index < -0.39 is 0 Å². The Labute approximate surface area is 77.0 Å². The molecule has 0 saturated carbocycles. The summed E-state index contributed by atoms with van der Waals surface area (Å²) in [4.78, 5) is 10.9. The smallest absolute Gasteiger partial charge is 0.310 e. The summed E-state index contributed by atoms with van der Waals surface area (Å²) < 4.78 is 4.95. The van der Waals surface area contributed by atoms with Crippen LogP contribution in [0.1, 0.15) is 18.9 Å². The molecule has 0 atom stereocenters. The second-order valence-corrected chi connectivity index (χ2v) is 2.78. The molecule has 1 aromatic carbocycles. The molecule has 0 unspecified atom stereocenters. The van der Waals surface area contributed by atoms with Crippen molar-refractivity contribution in [1.29, 1.82) is 0 Å². The summed E-state index contributed by atoms with van der Waals surface area (Å²) in [5.41, 5.74) is 0.696. The third-order valence-corrected chi connectivity index (χ3v) is 1.69. The fourth-order valence-electron chi connectivity index (χ4n) is 0.895. The maximum absolute atomic E-state index is 10.9. The zero-order chi connectivity index (χ0) is 9.84. The molecule has 0 heterocycles. The van der Waals surface area contributed by atoms with E-state index in [9.17, 15) is 9.90 Å². The quantitative estimate of drug-likeness (QED) is 0.559. The van der Waals surface area contributed by atoms with Gasteiger partial charge in [-0.3, -0.25) is 4.79 Å². The van der Waals surface area contributed by atoms with Gasteiger partial charge in [-0.25, -0.2) is 0 Å². The number of aromatic hydroxyl groups is 1. The Morgan fingerprint density at radius 1 is 1.54 bits per heavy atom. The Hall–Kier alpha value is -1.51. The van der Waals surface area contributed by atoms with E-state index in [1.54, 1.807) is 26.0 Å². The summed E-state index contributed by atoms with van der Waals surface area (Å²) in [5.74, 6) is 0.406. The second-order valence-electron chi connectivity index (χ2n) is 2.78. The van der Waals surface area contributed by atoms with E-state index in [2.05, 4.69) is 0 Å². The minimum atomic E-state index is -0.273. The van der Waals surface area contributed by atoms with Crippen LogP contribution >= 0.6 is 0 Å². The van der Waals surface area contributed by atoms with Crippen LogP contribution in [0.5, 0.6) is 11.5 Å². The van der Waals surface area contributed by atoms with E-state index in [1.807, 2.05) is 0 Å². The first-order valence-electron chi connectivity index (χ1n) is 4.13. The van der Waals surface area contributed by atoms with Gasteiger partial charge in [0.15, 0.2) is 0 Å². The number of hydrogen-bond donors (Lipinski definition) is 1. The Bertz CT molecular complexity index is 318. The highest BCUT2D eigenvalue weighted by Crippen LogP contribution is 2.21. The number of rotatable bonds is 2. The zero-order valence-corrected chi connectivity index (χ0v) is 7.70. The third-order valence-electron chi connectivity index (χ3n) is 1.69. The number of ether oxygens (including phenoxy) is 1. The van der Waals surface area contributed by atoms with Gasteiger partial charge < -0.3 is 9.84 Å². The van der Waals surface area contributed by atoms with Crippen molar-refractivity contribution in [2.75, 3.05) is 0 Å². The van der Waals surface area contributed by atoms with Crippen molar-refractivity contribution in [3.8, 4) is 11.5 Å². The van der Waals surface area contributed by atoms with E-state index in [-0.39, 0.29) is 11.7 Å². The number of aryl methyl sites for hydroxylation is 1. The fourth-order valence-corrected chi connectivity index (χ4v) is 0.895. The fraction of sp³-hybridized carbons (Fsp3) is 0.300. The summed E-state index contributed by atoms with van der Waals surface area (Å²) >= 11 is 0. The van der Waals surface area contributed by atoms with Crippen LogP contribution < -0.4 is 4.74 Å². The molecule has 3 heteroatoms. The van der Waals surface area contributed by atoms with Gasteiger partial charge in [0.25, 0.3) is 0 Å². The molecule has 0 aromatic heterocycles. The number of esters is 1. The highest BCUT2D eigenvalue weighted by Gasteiger charge is 2.03. The zero-order valence-electron chi connectivity index (χ0n) is 7.70. The lowest BCUT2D eigenvalue weighted by Crippen LogP contribution is -2.05. The highest BCUT2D eigenvalue weighted by atomic mass is 16.5. The summed E-state index contributed by atoms with van der Waals surface area (Å²) in [6, 6.07) is 4.70.